The van der Waals surface area contributed by atoms with Crippen LogP contribution in [0.1, 0.15) is 82.0 Å². The number of carbonyl (C=O) groups is 1. The monoisotopic (exact) mass is 308 g/mol. The van der Waals surface area contributed by atoms with Crippen molar-refractivity contribution in [3.63, 3.8) is 0 Å². The fourth-order valence-electron chi connectivity index (χ4n) is 2.87. The first-order valence-electron chi connectivity index (χ1n) is 8.75. The summed E-state index contributed by atoms with van der Waals surface area (Å²) >= 11 is 0. The molecule has 22 heavy (non-hydrogen) atoms. The van der Waals surface area contributed by atoms with E-state index in [4.69, 9.17) is 4.74 Å². The molecule has 0 fully saturated rings. The minimum atomic E-state index is 0.113. The number of aryl methyl sites for hydroxylation is 1. The fourth-order valence-corrected chi connectivity index (χ4v) is 2.87. The molecule has 0 N–H and O–H groups in total. The maximum absolute atomic E-state index is 12.9. The zero-order valence-corrected chi connectivity index (χ0v) is 14.7. The minimum absolute atomic E-state index is 0.113. The van der Waals surface area contributed by atoms with E-state index in [1.807, 2.05) is 7.05 Å². The van der Waals surface area contributed by atoms with Gasteiger partial charge in [0.15, 0.2) is 5.78 Å². The van der Waals surface area contributed by atoms with Crippen LogP contribution in [0.4, 0.5) is 0 Å². The molecule has 1 aromatic rings. The molecular weight excluding hydrogens is 276 g/mol. The predicted molar refractivity (Wildman–Crippen MR) is 90.5 cm³/mol. The van der Waals surface area contributed by atoms with Crippen molar-refractivity contribution in [1.29, 1.82) is 0 Å². The zero-order valence-electron chi connectivity index (χ0n) is 14.7. The molecule has 4 heteroatoms. The number of ether oxygens (including phenoxy) is 1. The highest BCUT2D eigenvalue weighted by Gasteiger charge is 2.24. The van der Waals surface area contributed by atoms with Crippen molar-refractivity contribution in [2.75, 3.05) is 7.11 Å². The van der Waals surface area contributed by atoms with Gasteiger partial charge in [-0.15, -0.1) is 5.10 Å². The third-order valence-electron chi connectivity index (χ3n) is 4.19. The van der Waals surface area contributed by atoms with E-state index in [-0.39, 0.29) is 11.7 Å². The van der Waals surface area contributed by atoms with Gasteiger partial charge in [-0.3, -0.25) is 9.48 Å². The summed E-state index contributed by atoms with van der Waals surface area (Å²) in [5, 5.41) is 4.21. The minimum Gasteiger partial charge on any atom is -0.479 e. The summed E-state index contributed by atoms with van der Waals surface area (Å²) in [6.45, 7) is 4.41. The third kappa shape index (κ3) is 5.82. The van der Waals surface area contributed by atoms with E-state index in [2.05, 4.69) is 18.9 Å². The topological polar surface area (TPSA) is 44.1 Å². The molecule has 0 saturated carbocycles. The summed E-state index contributed by atoms with van der Waals surface area (Å²) in [5.41, 5.74) is 0.641. The molecule has 0 amide bonds. The first-order valence-corrected chi connectivity index (χ1v) is 8.75. The van der Waals surface area contributed by atoms with Gasteiger partial charge in [-0.05, 0) is 12.8 Å². The molecule has 1 unspecified atom stereocenters. The lowest BCUT2D eigenvalue weighted by Crippen LogP contribution is -2.15. The van der Waals surface area contributed by atoms with Crippen LogP contribution in [0.15, 0.2) is 6.20 Å². The average molecular weight is 308 g/mol. The highest BCUT2D eigenvalue weighted by atomic mass is 16.5. The first kappa shape index (κ1) is 18.7. The Hall–Kier alpha value is -1.32. The average Bonchev–Trinajstić information content (AvgIpc) is 2.90. The summed E-state index contributed by atoms with van der Waals surface area (Å²) in [7, 11) is 3.40. The maximum Gasteiger partial charge on any atom is 0.243 e. The van der Waals surface area contributed by atoms with Crippen LogP contribution >= 0.6 is 0 Å². The Kier molecular flexibility index (Phi) is 8.86. The number of nitrogens with zero attached hydrogens (tertiary/aromatic N) is 2. The Labute approximate surface area is 135 Å². The zero-order chi connectivity index (χ0) is 16.4. The summed E-state index contributed by atoms with van der Waals surface area (Å²) < 4.78 is 6.91. The van der Waals surface area contributed by atoms with Crippen LogP contribution < -0.4 is 4.74 Å². The lowest BCUT2D eigenvalue weighted by molar-refractivity contribution is 0.0898. The van der Waals surface area contributed by atoms with Crippen molar-refractivity contribution < 1.29 is 9.53 Å². The predicted octanol–water partition coefficient (Wildman–Crippen LogP) is 4.78. The van der Waals surface area contributed by atoms with Gasteiger partial charge in [-0.25, -0.2) is 0 Å². The van der Waals surface area contributed by atoms with Gasteiger partial charge in [-0.2, -0.15) is 0 Å². The van der Waals surface area contributed by atoms with Crippen molar-refractivity contribution in [1.82, 2.24) is 9.78 Å². The Morgan fingerprint density at radius 3 is 2.32 bits per heavy atom. The molecule has 1 aromatic heterocycles. The van der Waals surface area contributed by atoms with Gasteiger partial charge in [0, 0.05) is 19.2 Å². The van der Waals surface area contributed by atoms with E-state index < -0.39 is 0 Å². The van der Waals surface area contributed by atoms with Crippen molar-refractivity contribution >= 4 is 5.78 Å². The Bertz CT molecular complexity index is 440. The second-order valence-electron chi connectivity index (χ2n) is 6.13. The lowest BCUT2D eigenvalue weighted by Gasteiger charge is -2.15. The molecule has 0 bridgehead atoms. The molecule has 0 aliphatic carbocycles. The molecule has 4 nitrogen and oxygen atoms in total. The summed E-state index contributed by atoms with van der Waals surface area (Å²) in [6.07, 6.45) is 12.1. The molecule has 1 atom stereocenters. The smallest absolute Gasteiger partial charge is 0.243 e. The van der Waals surface area contributed by atoms with Crippen LogP contribution in [0.5, 0.6) is 5.88 Å². The number of unbranched alkanes of at least 4 members (excludes halogenated alkanes) is 5. The van der Waals surface area contributed by atoms with E-state index in [1.54, 1.807) is 18.0 Å². The van der Waals surface area contributed by atoms with Crippen LogP contribution in [0.2, 0.25) is 0 Å². The van der Waals surface area contributed by atoms with Crippen LogP contribution in [-0.2, 0) is 7.05 Å². The van der Waals surface area contributed by atoms with Gasteiger partial charge in [-0.1, -0.05) is 58.8 Å². The van der Waals surface area contributed by atoms with E-state index in [9.17, 15) is 4.79 Å². The molecule has 0 radical (unpaired) electrons. The number of ketones is 1. The Balaban J connectivity index is 2.71. The summed E-state index contributed by atoms with van der Waals surface area (Å²) in [6, 6.07) is 0. The number of hydrogen-bond donors (Lipinski definition) is 0. The van der Waals surface area contributed by atoms with E-state index in [0.29, 0.717) is 11.4 Å². The second-order valence-corrected chi connectivity index (χ2v) is 6.13. The van der Waals surface area contributed by atoms with Gasteiger partial charge in [0.2, 0.25) is 5.88 Å². The quantitative estimate of drug-likeness (QED) is 0.412. The highest BCUT2D eigenvalue weighted by molar-refractivity contribution is 5.99. The number of Topliss-reactive ketones (excluding diaryl/α,β-unsaturated/α-hetero) is 1. The largest absolute Gasteiger partial charge is 0.479 e. The van der Waals surface area contributed by atoms with Crippen molar-refractivity contribution in [3.8, 4) is 5.88 Å². The van der Waals surface area contributed by atoms with Crippen molar-refractivity contribution in [2.24, 2.45) is 13.0 Å². The Morgan fingerprint density at radius 1 is 1.14 bits per heavy atom. The molecule has 1 rings (SSSR count). The molecule has 126 valence electrons. The molecule has 0 saturated heterocycles. The van der Waals surface area contributed by atoms with Gasteiger partial charge < -0.3 is 4.74 Å². The first-order chi connectivity index (χ1) is 10.6. The second kappa shape index (κ2) is 10.4. The SMILES string of the molecule is CCCCCCC(CCCCC)C(=O)c1cn(C)nc1OC. The number of carbonyl (C=O) groups excluding carboxylic acids is 1. The highest BCUT2D eigenvalue weighted by Crippen LogP contribution is 2.26. The molecular formula is C18H32N2O2. The number of hydrogen-bond acceptors (Lipinski definition) is 3. The molecule has 0 aliphatic rings. The van der Waals surface area contributed by atoms with Gasteiger partial charge >= 0.3 is 0 Å². The van der Waals surface area contributed by atoms with Crippen LogP contribution in [0.3, 0.4) is 0 Å². The Morgan fingerprint density at radius 2 is 1.73 bits per heavy atom. The van der Waals surface area contributed by atoms with Crippen LogP contribution in [0.25, 0.3) is 0 Å². The van der Waals surface area contributed by atoms with Gasteiger partial charge in [0.25, 0.3) is 0 Å². The number of rotatable bonds is 12. The molecule has 0 aliphatic heterocycles. The number of aromatic nitrogens is 2. The standard InChI is InChI=1S/C18H32N2O2/c1-5-7-9-11-13-15(12-10-8-6-2)17(21)16-14-20(3)19-18(16)22-4/h14-15H,5-13H2,1-4H3. The van der Waals surface area contributed by atoms with E-state index >= 15 is 0 Å². The van der Waals surface area contributed by atoms with Gasteiger partial charge in [0.1, 0.15) is 0 Å². The van der Waals surface area contributed by atoms with E-state index in [1.165, 1.54) is 32.1 Å². The fraction of sp³-hybridized carbons (Fsp3) is 0.778. The van der Waals surface area contributed by atoms with Crippen molar-refractivity contribution in [3.05, 3.63) is 11.8 Å². The summed E-state index contributed by atoms with van der Waals surface area (Å²) in [4.78, 5) is 12.9. The van der Waals surface area contributed by atoms with E-state index in [0.717, 1.165) is 25.7 Å². The van der Waals surface area contributed by atoms with Crippen molar-refractivity contribution in [2.45, 2.75) is 71.6 Å². The number of methoxy groups -OCH3 is 1. The molecule has 0 aromatic carbocycles. The van der Waals surface area contributed by atoms with Gasteiger partial charge in [0.05, 0.1) is 12.7 Å². The van der Waals surface area contributed by atoms with Crippen LogP contribution in [0, 0.1) is 5.92 Å². The summed E-state index contributed by atoms with van der Waals surface area (Å²) in [5.74, 6) is 0.778. The third-order valence-corrected chi connectivity index (χ3v) is 4.19. The molecule has 1 heterocycles. The molecule has 0 spiro atoms. The maximum atomic E-state index is 12.9. The lowest BCUT2D eigenvalue weighted by atomic mass is 9.88. The van der Waals surface area contributed by atoms with Crippen LogP contribution in [-0.4, -0.2) is 22.7 Å². The normalized spacial score (nSPS) is 12.4.